The van der Waals surface area contributed by atoms with Crippen LogP contribution >= 0.6 is 0 Å². The van der Waals surface area contributed by atoms with Gasteiger partial charge in [-0.1, -0.05) is 75.4 Å². The first-order valence-corrected chi connectivity index (χ1v) is 14.6. The summed E-state index contributed by atoms with van der Waals surface area (Å²) >= 11 is 0. The van der Waals surface area contributed by atoms with E-state index in [2.05, 4.69) is 31.4 Å². The molecule has 42 heavy (non-hydrogen) atoms. The molecule has 0 unspecified atom stereocenters. The first-order chi connectivity index (χ1) is 20.0. The molecule has 0 aliphatic heterocycles. The molecule has 0 saturated carbocycles. The van der Waals surface area contributed by atoms with E-state index in [0.29, 0.717) is 25.2 Å². The van der Waals surface area contributed by atoms with E-state index in [0.717, 1.165) is 28.1 Å². The van der Waals surface area contributed by atoms with Crippen LogP contribution in [0.5, 0.6) is 5.75 Å². The summed E-state index contributed by atoms with van der Waals surface area (Å²) in [7, 11) is 1.67. The summed E-state index contributed by atoms with van der Waals surface area (Å²) in [5, 5.41) is 0. The Labute approximate surface area is 250 Å². The molecule has 4 rings (SSSR count). The molecular weight excluding hydrogens is 522 g/mol. The molecule has 0 aliphatic carbocycles. The van der Waals surface area contributed by atoms with E-state index in [1.807, 2.05) is 110 Å². The summed E-state index contributed by atoms with van der Waals surface area (Å²) in [6.45, 7) is 11.9. The Bertz CT molecular complexity index is 1470. The quantitative estimate of drug-likeness (QED) is 0.198. The molecule has 0 fully saturated rings. The third-order valence-corrected chi connectivity index (χ3v) is 7.52. The molecule has 6 heteroatoms. The summed E-state index contributed by atoms with van der Waals surface area (Å²) in [6.07, 6.45) is 2.03. The predicted octanol–water partition coefficient (Wildman–Crippen LogP) is 6.92. The monoisotopic (exact) mass is 565 g/mol. The van der Waals surface area contributed by atoms with Gasteiger partial charge < -0.3 is 19.1 Å². The van der Waals surface area contributed by atoms with Crippen molar-refractivity contribution >= 4 is 11.8 Å². The maximum atomic E-state index is 14.0. The number of hydrogen-bond donors (Lipinski definition) is 0. The van der Waals surface area contributed by atoms with Gasteiger partial charge in [0.05, 0.1) is 13.7 Å². The minimum atomic E-state index is -0.140. The van der Waals surface area contributed by atoms with Gasteiger partial charge in [-0.05, 0) is 72.4 Å². The summed E-state index contributed by atoms with van der Waals surface area (Å²) in [5.41, 5.74) is 4.92. The van der Waals surface area contributed by atoms with Gasteiger partial charge in [-0.15, -0.1) is 0 Å². The highest BCUT2D eigenvalue weighted by molar-refractivity contribution is 5.96. The second-order valence-corrected chi connectivity index (χ2v) is 12.1. The summed E-state index contributed by atoms with van der Waals surface area (Å²) in [5.74, 6) is 0.579. The highest BCUT2D eigenvalue weighted by Gasteiger charge is 2.26. The SMILES string of the molecule is COc1cccc(Cn2cccc2CN(Cc2ccccc2)C(=O)CN(C(=O)c2ccc(C(C)(C)C)cc2)C(C)C)c1. The van der Waals surface area contributed by atoms with Gasteiger partial charge in [0.15, 0.2) is 0 Å². The molecule has 6 nitrogen and oxygen atoms in total. The normalized spacial score (nSPS) is 11.4. The Hall–Kier alpha value is -4.32. The average molecular weight is 566 g/mol. The minimum absolute atomic E-state index is 0.000941. The van der Waals surface area contributed by atoms with Gasteiger partial charge in [0, 0.05) is 36.6 Å². The first kappa shape index (κ1) is 30.6. The molecule has 0 N–H and O–H groups in total. The van der Waals surface area contributed by atoms with Gasteiger partial charge in [0.25, 0.3) is 5.91 Å². The zero-order valence-electron chi connectivity index (χ0n) is 25.7. The second kappa shape index (κ2) is 13.6. The Kier molecular flexibility index (Phi) is 9.89. The van der Waals surface area contributed by atoms with E-state index < -0.39 is 0 Å². The molecule has 0 saturated heterocycles. The number of amides is 2. The van der Waals surface area contributed by atoms with Gasteiger partial charge >= 0.3 is 0 Å². The number of hydrogen-bond acceptors (Lipinski definition) is 3. The highest BCUT2D eigenvalue weighted by Crippen LogP contribution is 2.23. The van der Waals surface area contributed by atoms with Gasteiger partial charge in [-0.2, -0.15) is 0 Å². The van der Waals surface area contributed by atoms with Crippen LogP contribution in [0, 0.1) is 0 Å². The van der Waals surface area contributed by atoms with Gasteiger partial charge in [0.1, 0.15) is 12.3 Å². The minimum Gasteiger partial charge on any atom is -0.497 e. The van der Waals surface area contributed by atoms with Crippen molar-refractivity contribution in [2.24, 2.45) is 0 Å². The van der Waals surface area contributed by atoms with Crippen LogP contribution < -0.4 is 4.74 Å². The number of aromatic nitrogens is 1. The number of carbonyl (C=O) groups excluding carboxylic acids is 2. The fourth-order valence-electron chi connectivity index (χ4n) is 4.96. The van der Waals surface area contributed by atoms with Gasteiger partial charge in [0.2, 0.25) is 5.91 Å². The number of methoxy groups -OCH3 is 1. The van der Waals surface area contributed by atoms with Crippen molar-refractivity contribution in [3.8, 4) is 5.75 Å². The van der Waals surface area contributed by atoms with Crippen molar-refractivity contribution in [2.45, 2.75) is 65.7 Å². The van der Waals surface area contributed by atoms with Crippen molar-refractivity contribution in [1.29, 1.82) is 0 Å². The molecule has 0 spiro atoms. The topological polar surface area (TPSA) is 54.8 Å². The lowest BCUT2D eigenvalue weighted by Gasteiger charge is -2.31. The molecule has 1 heterocycles. The fourth-order valence-corrected chi connectivity index (χ4v) is 4.96. The van der Waals surface area contributed by atoms with Crippen LogP contribution in [-0.4, -0.2) is 45.9 Å². The van der Waals surface area contributed by atoms with Crippen molar-refractivity contribution < 1.29 is 14.3 Å². The van der Waals surface area contributed by atoms with E-state index in [4.69, 9.17) is 4.74 Å². The lowest BCUT2D eigenvalue weighted by molar-refractivity contribution is -0.133. The molecule has 3 aromatic carbocycles. The van der Waals surface area contributed by atoms with Gasteiger partial charge in [-0.3, -0.25) is 9.59 Å². The van der Waals surface area contributed by atoms with Gasteiger partial charge in [-0.25, -0.2) is 0 Å². The van der Waals surface area contributed by atoms with Crippen LogP contribution in [0.25, 0.3) is 0 Å². The predicted molar refractivity (Wildman–Crippen MR) is 169 cm³/mol. The van der Waals surface area contributed by atoms with Crippen LogP contribution in [0.2, 0.25) is 0 Å². The molecule has 1 aromatic heterocycles. The number of carbonyl (C=O) groups is 2. The third-order valence-electron chi connectivity index (χ3n) is 7.52. The number of ether oxygens (including phenoxy) is 1. The Balaban J connectivity index is 1.56. The molecule has 0 bridgehead atoms. The van der Waals surface area contributed by atoms with Crippen molar-refractivity contribution in [3.63, 3.8) is 0 Å². The molecular formula is C36H43N3O3. The largest absolute Gasteiger partial charge is 0.497 e. The highest BCUT2D eigenvalue weighted by atomic mass is 16.5. The van der Waals surface area contributed by atoms with E-state index in [-0.39, 0.29) is 29.8 Å². The lowest BCUT2D eigenvalue weighted by atomic mass is 9.86. The van der Waals surface area contributed by atoms with Crippen LogP contribution in [0.4, 0.5) is 0 Å². The molecule has 4 aromatic rings. The Morgan fingerprint density at radius 2 is 1.52 bits per heavy atom. The summed E-state index contributed by atoms with van der Waals surface area (Å²) in [4.78, 5) is 31.1. The van der Waals surface area contributed by atoms with Crippen LogP contribution in [0.15, 0.2) is 97.2 Å². The van der Waals surface area contributed by atoms with E-state index in [9.17, 15) is 9.59 Å². The Morgan fingerprint density at radius 3 is 2.17 bits per heavy atom. The maximum Gasteiger partial charge on any atom is 0.254 e. The van der Waals surface area contributed by atoms with Crippen molar-refractivity contribution in [2.75, 3.05) is 13.7 Å². The lowest BCUT2D eigenvalue weighted by Crippen LogP contribution is -2.45. The zero-order valence-corrected chi connectivity index (χ0v) is 25.7. The molecule has 0 radical (unpaired) electrons. The second-order valence-electron chi connectivity index (χ2n) is 12.1. The van der Waals surface area contributed by atoms with Crippen LogP contribution in [-0.2, 0) is 29.8 Å². The van der Waals surface area contributed by atoms with Crippen LogP contribution in [0.1, 0.15) is 67.4 Å². The fraction of sp³-hybridized carbons (Fsp3) is 0.333. The maximum absolute atomic E-state index is 14.0. The summed E-state index contributed by atoms with van der Waals surface area (Å²) in [6, 6.07) is 29.7. The Morgan fingerprint density at radius 1 is 0.833 bits per heavy atom. The third kappa shape index (κ3) is 7.90. The standard InChI is InChI=1S/C36H43N3O3/c1-27(2)39(35(41)30-17-19-31(20-18-30)36(3,4)5)26-34(40)38(23-28-12-8-7-9-13-28)25-32-15-11-21-37(32)24-29-14-10-16-33(22-29)42-6/h7-22,27H,23-26H2,1-6H3. The summed E-state index contributed by atoms with van der Waals surface area (Å²) < 4.78 is 7.56. The van der Waals surface area contributed by atoms with E-state index >= 15 is 0 Å². The van der Waals surface area contributed by atoms with Crippen LogP contribution in [0.3, 0.4) is 0 Å². The van der Waals surface area contributed by atoms with E-state index in [1.165, 1.54) is 0 Å². The van der Waals surface area contributed by atoms with Crippen molar-refractivity contribution in [3.05, 3.63) is 125 Å². The number of rotatable bonds is 11. The molecule has 0 aliphatic rings. The van der Waals surface area contributed by atoms with E-state index in [1.54, 1.807) is 12.0 Å². The smallest absolute Gasteiger partial charge is 0.254 e. The zero-order chi connectivity index (χ0) is 30.3. The molecule has 0 atom stereocenters. The number of nitrogens with zero attached hydrogens (tertiary/aromatic N) is 3. The first-order valence-electron chi connectivity index (χ1n) is 14.6. The number of benzene rings is 3. The molecule has 220 valence electrons. The average Bonchev–Trinajstić information content (AvgIpc) is 3.41. The van der Waals surface area contributed by atoms with Crippen molar-refractivity contribution in [1.82, 2.24) is 14.4 Å². The molecule has 2 amide bonds.